The van der Waals surface area contributed by atoms with E-state index in [2.05, 4.69) is 0 Å². The molecule has 0 aliphatic heterocycles. The van der Waals surface area contributed by atoms with Gasteiger partial charge in [0.2, 0.25) is 0 Å². The lowest BCUT2D eigenvalue weighted by molar-refractivity contribution is -0.138. The molecule has 0 saturated carbocycles. The zero-order valence-corrected chi connectivity index (χ0v) is 37.6. The molecular formula is C58H53NO9. The molecule has 0 aliphatic carbocycles. The maximum absolute atomic E-state index is 11.3. The number of aliphatic carboxylic acids is 1. The van der Waals surface area contributed by atoms with Crippen molar-refractivity contribution in [2.45, 2.75) is 58.7 Å². The van der Waals surface area contributed by atoms with Crippen LogP contribution in [0.2, 0.25) is 0 Å². The molecule has 0 aliphatic rings. The van der Waals surface area contributed by atoms with E-state index in [1.165, 1.54) is 0 Å². The third-order valence-corrected chi connectivity index (χ3v) is 10.7. The lowest BCUT2D eigenvalue weighted by atomic mass is 10.1. The summed E-state index contributed by atoms with van der Waals surface area (Å²) in [5.74, 6) is 3.31. The monoisotopic (exact) mass is 907 g/mol. The predicted octanol–water partition coefficient (Wildman–Crippen LogP) is 11.7. The molecular weight excluding hydrogens is 855 g/mol. The lowest BCUT2D eigenvalue weighted by Gasteiger charge is -2.16. The van der Waals surface area contributed by atoms with Gasteiger partial charge < -0.3 is 44.0 Å². The van der Waals surface area contributed by atoms with E-state index in [0.717, 1.165) is 44.5 Å². The van der Waals surface area contributed by atoms with Crippen molar-refractivity contribution in [1.29, 1.82) is 0 Å². The largest absolute Gasteiger partial charge is 0.489 e. The topological polar surface area (TPSA) is 128 Å². The number of carbonyl (C=O) groups is 1. The Hall–Kier alpha value is -8.21. The van der Waals surface area contributed by atoms with Crippen LogP contribution in [-0.2, 0) is 57.5 Å². The molecule has 1 atom stereocenters. The first kappa shape index (κ1) is 46.3. The highest BCUT2D eigenvalue weighted by atomic mass is 16.5. The van der Waals surface area contributed by atoms with Gasteiger partial charge in [0.05, 0.1) is 0 Å². The number of ether oxygens (including phenoxy) is 7. The van der Waals surface area contributed by atoms with Crippen LogP contribution in [-0.4, -0.2) is 17.1 Å². The number of nitrogens with two attached hydrogens (primary N) is 1. The van der Waals surface area contributed by atoms with Crippen molar-refractivity contribution in [2.75, 3.05) is 0 Å². The van der Waals surface area contributed by atoms with Crippen molar-refractivity contribution in [2.24, 2.45) is 5.73 Å². The standard InChI is InChI=1S/C58H53NO9/c59-57(58(60)61)31-42-21-23-50(24-22-42)62-39-47-25-55(67-40-48-27-51(63-35-43-13-5-1-6-14-43)32-52(28-48)64-36-44-15-7-2-8-16-44)34-56(26-47)68-41-49-29-53(65-37-45-17-9-3-10-18-45)33-54(30-49)66-38-46-19-11-4-12-20-46/h1-30,32-34,57H,31,35-41,59H2,(H,60,61). The summed E-state index contributed by atoms with van der Waals surface area (Å²) in [7, 11) is 0. The molecule has 8 aromatic carbocycles. The van der Waals surface area contributed by atoms with Gasteiger partial charge in [0, 0.05) is 18.2 Å². The highest BCUT2D eigenvalue weighted by Crippen LogP contribution is 2.31. The Morgan fingerprint density at radius 3 is 0.838 bits per heavy atom. The Labute approximate surface area is 397 Å². The average molecular weight is 908 g/mol. The molecule has 0 amide bonds. The van der Waals surface area contributed by atoms with Crippen molar-refractivity contribution in [1.82, 2.24) is 0 Å². The van der Waals surface area contributed by atoms with Gasteiger partial charge in [-0.2, -0.15) is 0 Å². The molecule has 0 aromatic heterocycles. The SMILES string of the molecule is NC(Cc1ccc(OCc2cc(OCc3cc(OCc4ccccc4)cc(OCc4ccccc4)c3)cc(OCc3cc(OCc4ccccc4)cc(OCc4ccccc4)c3)c2)cc1)C(=O)O. The predicted molar refractivity (Wildman–Crippen MR) is 261 cm³/mol. The van der Waals surface area contributed by atoms with Gasteiger partial charge in [0.1, 0.15) is 92.5 Å². The number of hydrogen-bond donors (Lipinski definition) is 2. The molecule has 8 rings (SSSR count). The molecule has 0 saturated heterocycles. The van der Waals surface area contributed by atoms with E-state index >= 15 is 0 Å². The Balaban J connectivity index is 1.02. The first-order valence-corrected chi connectivity index (χ1v) is 22.4. The summed E-state index contributed by atoms with van der Waals surface area (Å²) in [6.45, 7) is 2.19. The minimum atomic E-state index is -1.05. The van der Waals surface area contributed by atoms with Gasteiger partial charge in [0.15, 0.2) is 0 Å². The molecule has 344 valence electrons. The van der Waals surface area contributed by atoms with E-state index in [4.69, 9.17) is 38.9 Å². The second-order valence-corrected chi connectivity index (χ2v) is 16.2. The first-order valence-electron chi connectivity index (χ1n) is 22.4. The molecule has 8 aromatic rings. The van der Waals surface area contributed by atoms with E-state index < -0.39 is 12.0 Å². The van der Waals surface area contributed by atoms with Crippen molar-refractivity contribution in [3.63, 3.8) is 0 Å². The highest BCUT2D eigenvalue weighted by molar-refractivity contribution is 5.73. The van der Waals surface area contributed by atoms with Gasteiger partial charge in [-0.05, 0) is 99.5 Å². The lowest BCUT2D eigenvalue weighted by Crippen LogP contribution is -2.32. The van der Waals surface area contributed by atoms with Crippen LogP contribution in [0.4, 0.5) is 0 Å². The van der Waals surface area contributed by atoms with Crippen LogP contribution < -0.4 is 38.9 Å². The first-order chi connectivity index (χ1) is 33.3. The van der Waals surface area contributed by atoms with Crippen LogP contribution in [0.5, 0.6) is 40.2 Å². The normalized spacial score (nSPS) is 11.2. The van der Waals surface area contributed by atoms with E-state index in [9.17, 15) is 9.90 Å². The average Bonchev–Trinajstić information content (AvgIpc) is 3.38. The summed E-state index contributed by atoms with van der Waals surface area (Å²) in [5, 5.41) is 9.26. The Kier molecular flexibility index (Phi) is 16.2. The zero-order chi connectivity index (χ0) is 46.8. The quantitative estimate of drug-likeness (QED) is 0.0605. The minimum absolute atomic E-state index is 0.197. The maximum atomic E-state index is 11.3. The maximum Gasteiger partial charge on any atom is 0.320 e. The van der Waals surface area contributed by atoms with E-state index in [0.29, 0.717) is 66.7 Å². The molecule has 68 heavy (non-hydrogen) atoms. The number of benzene rings is 8. The van der Waals surface area contributed by atoms with Gasteiger partial charge in [-0.25, -0.2) is 0 Å². The summed E-state index contributed by atoms with van der Waals surface area (Å²) in [6, 6.07) is 63.6. The summed E-state index contributed by atoms with van der Waals surface area (Å²) in [6.07, 6.45) is 0.209. The minimum Gasteiger partial charge on any atom is -0.489 e. The highest BCUT2D eigenvalue weighted by Gasteiger charge is 2.14. The summed E-state index contributed by atoms with van der Waals surface area (Å²) >= 11 is 0. The third-order valence-electron chi connectivity index (χ3n) is 10.7. The van der Waals surface area contributed by atoms with E-state index in [1.807, 2.05) is 188 Å². The van der Waals surface area contributed by atoms with Gasteiger partial charge in [-0.1, -0.05) is 133 Å². The zero-order valence-electron chi connectivity index (χ0n) is 37.6. The third kappa shape index (κ3) is 14.7. The number of carboxylic acid groups (broad SMARTS) is 1. The van der Waals surface area contributed by atoms with Crippen molar-refractivity contribution in [3.05, 3.63) is 245 Å². The number of carboxylic acids is 1. The molecule has 0 spiro atoms. The van der Waals surface area contributed by atoms with Crippen molar-refractivity contribution < 1.29 is 43.1 Å². The summed E-state index contributed by atoms with van der Waals surface area (Å²) < 4.78 is 44.4. The van der Waals surface area contributed by atoms with Crippen LogP contribution in [0, 0.1) is 0 Å². The molecule has 1 unspecified atom stereocenters. The van der Waals surface area contributed by atoms with E-state index in [-0.39, 0.29) is 26.2 Å². The second-order valence-electron chi connectivity index (χ2n) is 16.2. The number of hydrogen-bond acceptors (Lipinski definition) is 9. The Morgan fingerprint density at radius 2 is 0.574 bits per heavy atom. The van der Waals surface area contributed by atoms with Gasteiger partial charge in [-0.3, -0.25) is 4.79 Å². The Bertz CT molecular complexity index is 2530. The van der Waals surface area contributed by atoms with Gasteiger partial charge in [-0.15, -0.1) is 0 Å². The van der Waals surface area contributed by atoms with Gasteiger partial charge in [0.25, 0.3) is 0 Å². The molecule has 0 radical (unpaired) electrons. The fourth-order valence-corrected chi connectivity index (χ4v) is 7.17. The number of rotatable bonds is 24. The van der Waals surface area contributed by atoms with Crippen LogP contribution in [0.25, 0.3) is 0 Å². The molecule has 0 heterocycles. The van der Waals surface area contributed by atoms with Crippen molar-refractivity contribution >= 4 is 5.97 Å². The van der Waals surface area contributed by atoms with Crippen molar-refractivity contribution in [3.8, 4) is 40.2 Å². The molecule has 0 bridgehead atoms. The second kappa shape index (κ2) is 23.8. The molecule has 0 fully saturated rings. The fourth-order valence-electron chi connectivity index (χ4n) is 7.17. The molecule has 10 heteroatoms. The van der Waals surface area contributed by atoms with Crippen LogP contribution in [0.15, 0.2) is 200 Å². The smallest absolute Gasteiger partial charge is 0.320 e. The molecule has 3 N–H and O–H groups in total. The summed E-state index contributed by atoms with van der Waals surface area (Å²) in [5.41, 5.74) is 13.3. The van der Waals surface area contributed by atoms with Crippen LogP contribution in [0.3, 0.4) is 0 Å². The van der Waals surface area contributed by atoms with Crippen LogP contribution in [0.1, 0.15) is 44.5 Å². The molecule has 10 nitrogen and oxygen atoms in total. The van der Waals surface area contributed by atoms with Gasteiger partial charge >= 0.3 is 5.97 Å². The fraction of sp³-hybridized carbons (Fsp3) is 0.155. The Morgan fingerprint density at radius 1 is 0.324 bits per heavy atom. The van der Waals surface area contributed by atoms with Crippen LogP contribution >= 0.6 is 0 Å². The van der Waals surface area contributed by atoms with E-state index in [1.54, 1.807) is 12.1 Å². The summed E-state index contributed by atoms with van der Waals surface area (Å²) in [4.78, 5) is 11.3.